The molecule has 0 rings (SSSR count). The predicted octanol–water partition coefficient (Wildman–Crippen LogP) is 4.78. The van der Waals surface area contributed by atoms with E-state index in [-0.39, 0.29) is 18.8 Å². The fourth-order valence-corrected chi connectivity index (χ4v) is 3.67. The molecule has 0 heterocycles. The van der Waals surface area contributed by atoms with E-state index < -0.39 is 23.6 Å². The Morgan fingerprint density at radius 1 is 1.10 bits per heavy atom. The van der Waals surface area contributed by atoms with Gasteiger partial charge in [0.15, 0.2) is 5.60 Å². The summed E-state index contributed by atoms with van der Waals surface area (Å²) in [6, 6.07) is 0. The lowest BCUT2D eigenvalue weighted by molar-refractivity contribution is -0.167. The molecule has 0 radical (unpaired) electrons. The maximum Gasteiger partial charge on any atom is 0.331 e. The first-order valence-corrected chi connectivity index (χ1v) is 11.7. The van der Waals surface area contributed by atoms with Crippen LogP contribution in [0.1, 0.15) is 97.3 Å². The highest BCUT2D eigenvalue weighted by Crippen LogP contribution is 2.27. The number of rotatable bonds is 20. The van der Waals surface area contributed by atoms with Crippen LogP contribution in [0.25, 0.3) is 0 Å². The molecule has 31 heavy (non-hydrogen) atoms. The van der Waals surface area contributed by atoms with Crippen LogP contribution >= 0.6 is 0 Å². The molecule has 6 nitrogen and oxygen atoms in total. The number of hydrogen-bond donors (Lipinski definition) is 2. The third-order valence-electron chi connectivity index (χ3n) is 5.46. The molecule has 0 aliphatic heterocycles. The zero-order valence-corrected chi connectivity index (χ0v) is 19.5. The zero-order valence-electron chi connectivity index (χ0n) is 19.5. The first-order chi connectivity index (χ1) is 14.8. The second-order valence-electron chi connectivity index (χ2n) is 8.44. The molecule has 0 aromatic heterocycles. The van der Waals surface area contributed by atoms with Gasteiger partial charge in [0.05, 0.1) is 6.10 Å². The summed E-state index contributed by atoms with van der Waals surface area (Å²) in [7, 11) is 0. The molecule has 0 fully saturated rings. The molecule has 0 aliphatic rings. The van der Waals surface area contributed by atoms with Crippen molar-refractivity contribution >= 4 is 18.2 Å². The lowest BCUT2D eigenvalue weighted by Gasteiger charge is -2.31. The Bertz CT molecular complexity index is 558. The first kappa shape index (κ1) is 29.1. The van der Waals surface area contributed by atoms with Gasteiger partial charge in [-0.15, -0.1) is 0 Å². The molecule has 0 bridgehead atoms. The summed E-state index contributed by atoms with van der Waals surface area (Å²) < 4.78 is 5.26. The fourth-order valence-electron chi connectivity index (χ4n) is 3.67. The number of primary amides is 1. The number of hydrogen-bond acceptors (Lipinski definition) is 5. The van der Waals surface area contributed by atoms with Crippen LogP contribution in [0.4, 0.5) is 0 Å². The normalized spacial score (nSPS) is 15.2. The van der Waals surface area contributed by atoms with Gasteiger partial charge in [0.1, 0.15) is 6.29 Å². The van der Waals surface area contributed by atoms with E-state index in [4.69, 9.17) is 10.5 Å². The number of aliphatic hydroxyl groups excluding tert-OH is 1. The monoisotopic (exact) mass is 437 g/mol. The molecule has 0 aliphatic carbocycles. The topological polar surface area (TPSA) is 107 Å². The van der Waals surface area contributed by atoms with Crippen LogP contribution in [0, 0.1) is 5.92 Å². The van der Waals surface area contributed by atoms with Gasteiger partial charge in [0, 0.05) is 18.4 Å². The van der Waals surface area contributed by atoms with Gasteiger partial charge in [-0.1, -0.05) is 64.2 Å². The number of aliphatic hydroxyl groups is 1. The van der Waals surface area contributed by atoms with Gasteiger partial charge < -0.3 is 20.4 Å². The number of carbonyl (C=O) groups is 3. The van der Waals surface area contributed by atoms with Crippen molar-refractivity contribution in [3.05, 3.63) is 24.8 Å². The smallest absolute Gasteiger partial charge is 0.331 e. The summed E-state index contributed by atoms with van der Waals surface area (Å²) in [6.07, 6.45) is 16.7. The molecule has 178 valence electrons. The number of esters is 1. The number of allylic oxidation sites excluding steroid dienone is 2. The Labute approximate surface area is 188 Å². The van der Waals surface area contributed by atoms with Gasteiger partial charge in [0.2, 0.25) is 0 Å². The summed E-state index contributed by atoms with van der Waals surface area (Å²) in [4.78, 5) is 34.9. The SMILES string of the molecule is C=CC(=O)OC(CCCCCCCC(C=O)CC=CCCCCC)(CC(C)O)C(N)=O. The minimum absolute atomic E-state index is 0.0328. The number of carbonyl (C=O) groups excluding carboxylic acids is 3. The molecule has 6 heteroatoms. The lowest BCUT2D eigenvalue weighted by Crippen LogP contribution is -2.49. The minimum atomic E-state index is -1.51. The summed E-state index contributed by atoms with van der Waals surface area (Å²) in [5.41, 5.74) is 4.00. The second kappa shape index (κ2) is 17.7. The van der Waals surface area contributed by atoms with Crippen LogP contribution in [0.5, 0.6) is 0 Å². The Morgan fingerprint density at radius 3 is 2.35 bits per heavy atom. The molecular weight excluding hydrogens is 394 g/mol. The second-order valence-corrected chi connectivity index (χ2v) is 8.44. The highest BCUT2D eigenvalue weighted by atomic mass is 16.6. The van der Waals surface area contributed by atoms with E-state index in [1.165, 1.54) is 26.2 Å². The average Bonchev–Trinajstić information content (AvgIpc) is 2.72. The number of unbranched alkanes of at least 4 members (excludes halogenated alkanes) is 7. The quantitative estimate of drug-likeness (QED) is 0.0937. The van der Waals surface area contributed by atoms with Crippen LogP contribution in [0.3, 0.4) is 0 Å². The molecule has 0 saturated carbocycles. The fraction of sp³-hybridized carbons (Fsp3) is 0.720. The van der Waals surface area contributed by atoms with Crippen molar-refractivity contribution in [2.24, 2.45) is 11.7 Å². The average molecular weight is 438 g/mol. The van der Waals surface area contributed by atoms with Crippen molar-refractivity contribution in [1.29, 1.82) is 0 Å². The molecule has 3 unspecified atom stereocenters. The molecule has 1 amide bonds. The molecule has 0 aromatic rings. The Hall–Kier alpha value is -1.95. The Morgan fingerprint density at radius 2 is 1.77 bits per heavy atom. The van der Waals surface area contributed by atoms with E-state index >= 15 is 0 Å². The third-order valence-corrected chi connectivity index (χ3v) is 5.46. The van der Waals surface area contributed by atoms with Gasteiger partial charge in [-0.3, -0.25) is 4.79 Å². The minimum Gasteiger partial charge on any atom is -0.446 e. The molecule has 0 saturated heterocycles. The third kappa shape index (κ3) is 13.9. The maximum absolute atomic E-state index is 12.0. The summed E-state index contributed by atoms with van der Waals surface area (Å²) in [5.74, 6) is -1.40. The summed E-state index contributed by atoms with van der Waals surface area (Å²) >= 11 is 0. The molecule has 3 N–H and O–H groups in total. The molecular formula is C25H43NO5. The van der Waals surface area contributed by atoms with Gasteiger partial charge in [-0.25, -0.2) is 4.79 Å². The highest BCUT2D eigenvalue weighted by Gasteiger charge is 2.40. The van der Waals surface area contributed by atoms with E-state index in [0.717, 1.165) is 57.3 Å². The van der Waals surface area contributed by atoms with E-state index in [0.29, 0.717) is 6.42 Å². The van der Waals surface area contributed by atoms with Crippen molar-refractivity contribution in [1.82, 2.24) is 0 Å². The van der Waals surface area contributed by atoms with Crippen molar-refractivity contribution in [3.8, 4) is 0 Å². The van der Waals surface area contributed by atoms with E-state index in [2.05, 4.69) is 25.7 Å². The van der Waals surface area contributed by atoms with E-state index in [9.17, 15) is 19.5 Å². The van der Waals surface area contributed by atoms with Gasteiger partial charge in [-0.05, 0) is 45.4 Å². The predicted molar refractivity (Wildman–Crippen MR) is 124 cm³/mol. The summed E-state index contributed by atoms with van der Waals surface area (Å²) in [5, 5.41) is 9.73. The van der Waals surface area contributed by atoms with Crippen LogP contribution in [-0.4, -0.2) is 35.0 Å². The first-order valence-electron chi connectivity index (χ1n) is 11.7. The van der Waals surface area contributed by atoms with Crippen LogP contribution in [-0.2, 0) is 19.1 Å². The van der Waals surface area contributed by atoms with E-state index in [1.54, 1.807) is 0 Å². The number of amides is 1. The number of aldehydes is 1. The highest BCUT2D eigenvalue weighted by molar-refractivity contribution is 5.89. The van der Waals surface area contributed by atoms with Gasteiger partial charge >= 0.3 is 5.97 Å². The summed E-state index contributed by atoms with van der Waals surface area (Å²) in [6.45, 7) is 7.07. The standard InChI is InChI=1S/C25H43NO5/c1-4-6-7-8-10-13-16-22(20-27)17-14-11-9-12-15-18-25(24(26)30,19-21(3)28)31-23(29)5-2/h5,10,13,20-22,28H,2,4,6-9,11-12,14-19H2,1,3H3,(H2,26,30). The van der Waals surface area contributed by atoms with Crippen LogP contribution in [0.15, 0.2) is 24.8 Å². The zero-order chi connectivity index (χ0) is 23.5. The lowest BCUT2D eigenvalue weighted by atomic mass is 9.88. The molecule has 3 atom stereocenters. The van der Waals surface area contributed by atoms with Gasteiger partial charge in [-0.2, -0.15) is 0 Å². The largest absolute Gasteiger partial charge is 0.446 e. The van der Waals surface area contributed by atoms with Crippen LogP contribution in [0.2, 0.25) is 0 Å². The Kier molecular flexibility index (Phi) is 16.6. The molecule has 0 aromatic carbocycles. The number of nitrogens with two attached hydrogens (primary N) is 1. The van der Waals surface area contributed by atoms with Crippen LogP contribution < -0.4 is 5.73 Å². The van der Waals surface area contributed by atoms with Crippen molar-refractivity contribution in [2.75, 3.05) is 0 Å². The Balaban J connectivity index is 4.27. The molecule has 0 spiro atoms. The van der Waals surface area contributed by atoms with Crippen molar-refractivity contribution in [2.45, 2.75) is 109 Å². The maximum atomic E-state index is 12.0. The van der Waals surface area contributed by atoms with Crippen molar-refractivity contribution in [3.63, 3.8) is 0 Å². The van der Waals surface area contributed by atoms with Crippen molar-refractivity contribution < 1.29 is 24.2 Å². The van der Waals surface area contributed by atoms with Gasteiger partial charge in [0.25, 0.3) is 5.91 Å². The van der Waals surface area contributed by atoms with E-state index in [1.807, 2.05) is 0 Å². The number of ether oxygens (including phenoxy) is 1.